The molecule has 2 heterocycles. The average Bonchev–Trinajstić information content (AvgIpc) is 2.89. The van der Waals surface area contributed by atoms with Crippen molar-refractivity contribution in [3.63, 3.8) is 0 Å². The quantitative estimate of drug-likeness (QED) is 0.553. The predicted octanol–water partition coefficient (Wildman–Crippen LogP) is 2.97. The zero-order valence-electron chi connectivity index (χ0n) is 20.4. The fraction of sp³-hybridized carbons (Fsp3) is 0.296. The molecule has 2 aromatic carbocycles. The third-order valence-corrected chi connectivity index (χ3v) is 6.67. The summed E-state index contributed by atoms with van der Waals surface area (Å²) in [5, 5.41) is 3.01. The molecule has 1 aromatic heterocycles. The minimum Gasteiger partial charge on any atom is -0.468 e. The van der Waals surface area contributed by atoms with E-state index in [4.69, 9.17) is 4.74 Å². The van der Waals surface area contributed by atoms with Gasteiger partial charge in [0, 0.05) is 44.5 Å². The highest BCUT2D eigenvalue weighted by Crippen LogP contribution is 2.42. The van der Waals surface area contributed by atoms with E-state index >= 15 is 0 Å². The van der Waals surface area contributed by atoms with Crippen LogP contribution in [0.15, 0.2) is 76.5 Å². The van der Waals surface area contributed by atoms with E-state index < -0.39 is 29.1 Å². The summed E-state index contributed by atoms with van der Waals surface area (Å²) in [6.07, 6.45) is 0. The van der Waals surface area contributed by atoms with Crippen LogP contribution >= 0.6 is 0 Å². The van der Waals surface area contributed by atoms with Gasteiger partial charge >= 0.3 is 11.7 Å². The highest BCUT2D eigenvalue weighted by atomic mass is 16.5. The molecular formula is C27H30N4O4. The summed E-state index contributed by atoms with van der Waals surface area (Å²) < 4.78 is 7.50. The minimum absolute atomic E-state index is 0.335. The summed E-state index contributed by atoms with van der Waals surface area (Å²) >= 11 is 0. The first-order chi connectivity index (χ1) is 16.8. The number of carbonyl (C=O) groups excluding carboxylic acids is 1. The average molecular weight is 475 g/mol. The molecule has 0 fully saturated rings. The van der Waals surface area contributed by atoms with E-state index in [1.54, 1.807) is 7.05 Å². The van der Waals surface area contributed by atoms with E-state index in [2.05, 4.69) is 35.9 Å². The molecule has 4 rings (SSSR count). The van der Waals surface area contributed by atoms with Crippen molar-refractivity contribution in [3.8, 4) is 0 Å². The number of aromatic nitrogens is 2. The van der Waals surface area contributed by atoms with Crippen molar-refractivity contribution in [1.29, 1.82) is 0 Å². The van der Waals surface area contributed by atoms with Crippen molar-refractivity contribution in [2.45, 2.75) is 19.4 Å². The number of nitrogens with one attached hydrogen (secondary N) is 1. The maximum absolute atomic E-state index is 13.3. The Balaban J connectivity index is 1.81. The van der Waals surface area contributed by atoms with Gasteiger partial charge in [-0.05, 0) is 30.2 Å². The standard InChI is InChI=1S/C27H30N4O4/c1-6-31(16-18-10-8-7-9-11-18)20-14-12-19(13-15-20)22-21(26(33)35-5)17(2)28-24-23(22)25(32)30(4)27(34)29(24)3/h7-15,21-22,28H,2,6,16H2,1,3-5H3. The van der Waals surface area contributed by atoms with Crippen molar-refractivity contribution in [2.75, 3.05) is 23.9 Å². The van der Waals surface area contributed by atoms with Gasteiger partial charge in [0.2, 0.25) is 0 Å². The van der Waals surface area contributed by atoms with Crippen LogP contribution in [0, 0.1) is 5.92 Å². The molecule has 0 saturated heterocycles. The molecule has 182 valence electrons. The highest BCUT2D eigenvalue weighted by Gasteiger charge is 2.42. The fourth-order valence-corrected chi connectivity index (χ4v) is 4.75. The number of benzene rings is 2. The maximum Gasteiger partial charge on any atom is 0.332 e. The lowest BCUT2D eigenvalue weighted by Crippen LogP contribution is -2.46. The monoisotopic (exact) mass is 474 g/mol. The molecule has 0 aliphatic carbocycles. The van der Waals surface area contributed by atoms with Gasteiger partial charge in [-0.2, -0.15) is 0 Å². The molecule has 1 N–H and O–H groups in total. The summed E-state index contributed by atoms with van der Waals surface area (Å²) in [5.41, 5.74) is 2.79. The van der Waals surface area contributed by atoms with Gasteiger partial charge in [-0.3, -0.25) is 18.7 Å². The molecule has 0 saturated carbocycles. The molecule has 2 atom stereocenters. The van der Waals surface area contributed by atoms with Crippen molar-refractivity contribution in [3.05, 3.63) is 104 Å². The second-order valence-corrected chi connectivity index (χ2v) is 8.69. The van der Waals surface area contributed by atoms with Gasteiger partial charge in [0.25, 0.3) is 5.56 Å². The molecule has 0 spiro atoms. The molecule has 2 unspecified atom stereocenters. The third-order valence-electron chi connectivity index (χ3n) is 6.67. The number of anilines is 2. The fourth-order valence-electron chi connectivity index (χ4n) is 4.75. The SMILES string of the molecule is C=C1Nc2c(c(=O)n(C)c(=O)n2C)C(c2ccc(N(CC)Cc3ccccc3)cc2)C1C(=O)OC. The molecule has 0 radical (unpaired) electrons. The first kappa shape index (κ1) is 24.1. The third kappa shape index (κ3) is 4.27. The first-order valence-corrected chi connectivity index (χ1v) is 11.5. The van der Waals surface area contributed by atoms with Crippen LogP contribution in [-0.2, 0) is 30.2 Å². The van der Waals surface area contributed by atoms with Gasteiger partial charge in [-0.25, -0.2) is 4.79 Å². The van der Waals surface area contributed by atoms with Crippen molar-refractivity contribution in [2.24, 2.45) is 20.0 Å². The molecule has 3 aromatic rings. The Labute approximate surface area is 204 Å². The normalized spacial score (nSPS) is 16.9. The van der Waals surface area contributed by atoms with Gasteiger partial charge in [0.05, 0.1) is 12.7 Å². The summed E-state index contributed by atoms with van der Waals surface area (Å²) in [4.78, 5) is 40.9. The Morgan fingerprint density at radius 2 is 1.71 bits per heavy atom. The van der Waals surface area contributed by atoms with Gasteiger partial charge in [-0.1, -0.05) is 49.0 Å². The number of esters is 1. The van der Waals surface area contributed by atoms with Crippen LogP contribution in [-0.4, -0.2) is 28.8 Å². The number of nitrogens with zero attached hydrogens (tertiary/aromatic N) is 3. The largest absolute Gasteiger partial charge is 0.468 e. The number of carbonyl (C=O) groups is 1. The Morgan fingerprint density at radius 1 is 1.06 bits per heavy atom. The van der Waals surface area contributed by atoms with Crippen LogP contribution in [0.25, 0.3) is 0 Å². The number of rotatable bonds is 6. The number of methoxy groups -OCH3 is 1. The molecule has 8 heteroatoms. The van der Waals surface area contributed by atoms with Gasteiger partial charge < -0.3 is 15.0 Å². The molecular weight excluding hydrogens is 444 g/mol. The second-order valence-electron chi connectivity index (χ2n) is 8.69. The molecule has 1 aliphatic heterocycles. The van der Waals surface area contributed by atoms with Crippen LogP contribution in [0.2, 0.25) is 0 Å². The molecule has 8 nitrogen and oxygen atoms in total. The van der Waals surface area contributed by atoms with Crippen molar-refractivity contribution in [1.82, 2.24) is 9.13 Å². The zero-order chi connectivity index (χ0) is 25.3. The summed E-state index contributed by atoms with van der Waals surface area (Å²) in [6.45, 7) is 7.70. The Bertz CT molecular complexity index is 1370. The summed E-state index contributed by atoms with van der Waals surface area (Å²) in [5.74, 6) is -1.64. The smallest absolute Gasteiger partial charge is 0.332 e. The van der Waals surface area contributed by atoms with Crippen LogP contribution in [0.5, 0.6) is 0 Å². The van der Waals surface area contributed by atoms with Crippen LogP contribution < -0.4 is 21.5 Å². The zero-order valence-corrected chi connectivity index (χ0v) is 20.4. The number of fused-ring (bicyclic) bond motifs is 1. The topological polar surface area (TPSA) is 85.6 Å². The van der Waals surface area contributed by atoms with E-state index in [0.29, 0.717) is 17.1 Å². The van der Waals surface area contributed by atoms with Crippen LogP contribution in [0.3, 0.4) is 0 Å². The van der Waals surface area contributed by atoms with E-state index in [1.165, 1.54) is 24.3 Å². The number of hydrogen-bond acceptors (Lipinski definition) is 6. The van der Waals surface area contributed by atoms with E-state index in [0.717, 1.165) is 28.9 Å². The summed E-state index contributed by atoms with van der Waals surface area (Å²) in [6, 6.07) is 18.1. The Kier molecular flexibility index (Phi) is 6.64. The van der Waals surface area contributed by atoms with Gasteiger partial charge in [-0.15, -0.1) is 0 Å². The molecule has 1 aliphatic rings. The van der Waals surface area contributed by atoms with Gasteiger partial charge in [0.1, 0.15) is 11.7 Å². The van der Waals surface area contributed by atoms with Crippen LogP contribution in [0.4, 0.5) is 11.5 Å². The predicted molar refractivity (Wildman–Crippen MR) is 137 cm³/mol. The molecule has 35 heavy (non-hydrogen) atoms. The van der Waals surface area contributed by atoms with Crippen molar-refractivity contribution < 1.29 is 9.53 Å². The molecule has 0 amide bonds. The maximum atomic E-state index is 13.3. The molecule has 0 bridgehead atoms. The summed E-state index contributed by atoms with van der Waals surface area (Å²) in [7, 11) is 4.33. The van der Waals surface area contributed by atoms with E-state index in [9.17, 15) is 14.4 Å². The first-order valence-electron chi connectivity index (χ1n) is 11.5. The van der Waals surface area contributed by atoms with E-state index in [-0.39, 0.29) is 0 Å². The second kappa shape index (κ2) is 9.66. The van der Waals surface area contributed by atoms with Crippen molar-refractivity contribution >= 4 is 17.5 Å². The number of hydrogen-bond donors (Lipinski definition) is 1. The number of ether oxygens (including phenoxy) is 1. The lowest BCUT2D eigenvalue weighted by molar-refractivity contribution is -0.144. The lowest BCUT2D eigenvalue weighted by atomic mass is 9.77. The van der Waals surface area contributed by atoms with Crippen LogP contribution in [0.1, 0.15) is 29.5 Å². The van der Waals surface area contributed by atoms with E-state index in [1.807, 2.05) is 42.5 Å². The lowest BCUT2D eigenvalue weighted by Gasteiger charge is -2.35. The Hall–Kier alpha value is -4.07. The minimum atomic E-state index is -0.824. The highest BCUT2D eigenvalue weighted by molar-refractivity contribution is 5.81. The van der Waals surface area contributed by atoms with Gasteiger partial charge in [0.15, 0.2) is 0 Å². The Morgan fingerprint density at radius 3 is 2.31 bits per heavy atom.